The predicted octanol–water partition coefficient (Wildman–Crippen LogP) is 2.88. The molecular formula is C20H24N2O5S. The van der Waals surface area contributed by atoms with Crippen LogP contribution >= 0.6 is 0 Å². The lowest BCUT2D eigenvalue weighted by molar-refractivity contribution is -0.114. The minimum atomic E-state index is -3.66. The third-order valence-electron chi connectivity index (χ3n) is 4.21. The average molecular weight is 404 g/mol. The number of hydrogen-bond donors (Lipinski definition) is 1. The van der Waals surface area contributed by atoms with E-state index < -0.39 is 21.9 Å². The maximum absolute atomic E-state index is 12.5. The Morgan fingerprint density at radius 1 is 1.07 bits per heavy atom. The van der Waals surface area contributed by atoms with Gasteiger partial charge in [-0.3, -0.25) is 9.10 Å². The van der Waals surface area contributed by atoms with Gasteiger partial charge < -0.3 is 10.1 Å². The van der Waals surface area contributed by atoms with E-state index in [4.69, 9.17) is 4.74 Å². The molecule has 0 radical (unpaired) electrons. The normalized spacial score (nSPS) is 11.0. The number of nitrogens with one attached hydrogen (secondary N) is 1. The number of ether oxygens (including phenoxy) is 1. The first kappa shape index (κ1) is 21.4. The number of nitrogens with zero attached hydrogens (tertiary/aromatic N) is 1. The molecule has 0 aliphatic carbocycles. The number of aryl methyl sites for hydroxylation is 1. The monoisotopic (exact) mass is 404 g/mol. The van der Waals surface area contributed by atoms with Crippen molar-refractivity contribution in [1.82, 2.24) is 0 Å². The SMILES string of the molecule is CCOC(=O)c1ccc(NC(=O)CN(c2cccc(C)c2C)S(C)(=O)=O)cc1. The van der Waals surface area contributed by atoms with Gasteiger partial charge in [0.1, 0.15) is 6.54 Å². The molecule has 0 saturated carbocycles. The summed E-state index contributed by atoms with van der Waals surface area (Å²) >= 11 is 0. The van der Waals surface area contributed by atoms with E-state index in [0.29, 0.717) is 16.9 Å². The lowest BCUT2D eigenvalue weighted by atomic mass is 10.1. The van der Waals surface area contributed by atoms with E-state index in [1.807, 2.05) is 19.9 Å². The molecule has 0 spiro atoms. The van der Waals surface area contributed by atoms with Crippen molar-refractivity contribution in [3.63, 3.8) is 0 Å². The summed E-state index contributed by atoms with van der Waals surface area (Å²) in [6, 6.07) is 11.5. The third kappa shape index (κ3) is 5.32. The second kappa shape index (κ2) is 8.88. The number of anilines is 2. The van der Waals surface area contributed by atoms with Crippen LogP contribution in [0.25, 0.3) is 0 Å². The van der Waals surface area contributed by atoms with Crippen molar-refractivity contribution in [2.24, 2.45) is 0 Å². The number of rotatable bonds is 7. The summed E-state index contributed by atoms with van der Waals surface area (Å²) in [5, 5.41) is 2.65. The van der Waals surface area contributed by atoms with Gasteiger partial charge in [-0.1, -0.05) is 12.1 Å². The highest BCUT2D eigenvalue weighted by molar-refractivity contribution is 7.92. The third-order valence-corrected chi connectivity index (χ3v) is 5.34. The van der Waals surface area contributed by atoms with Crippen molar-refractivity contribution in [3.05, 3.63) is 59.2 Å². The predicted molar refractivity (Wildman–Crippen MR) is 109 cm³/mol. The molecule has 28 heavy (non-hydrogen) atoms. The minimum Gasteiger partial charge on any atom is -0.462 e. The molecule has 150 valence electrons. The summed E-state index contributed by atoms with van der Waals surface area (Å²) in [7, 11) is -3.66. The van der Waals surface area contributed by atoms with E-state index in [1.165, 1.54) is 12.1 Å². The summed E-state index contributed by atoms with van der Waals surface area (Å²) < 4.78 is 30.5. The van der Waals surface area contributed by atoms with Gasteiger partial charge >= 0.3 is 5.97 Å². The van der Waals surface area contributed by atoms with E-state index in [-0.39, 0.29) is 13.2 Å². The molecule has 7 nitrogen and oxygen atoms in total. The molecule has 2 aromatic rings. The molecule has 0 aliphatic rings. The second-order valence-corrected chi connectivity index (χ2v) is 8.24. The van der Waals surface area contributed by atoms with Gasteiger partial charge in [0.2, 0.25) is 15.9 Å². The summed E-state index contributed by atoms with van der Waals surface area (Å²) in [4.78, 5) is 24.1. The molecule has 0 bridgehead atoms. The van der Waals surface area contributed by atoms with Crippen LogP contribution in [-0.2, 0) is 19.6 Å². The highest BCUT2D eigenvalue weighted by Gasteiger charge is 2.23. The van der Waals surface area contributed by atoms with Crippen molar-refractivity contribution in [2.45, 2.75) is 20.8 Å². The first-order chi connectivity index (χ1) is 13.1. The Bertz CT molecular complexity index is 969. The summed E-state index contributed by atoms with van der Waals surface area (Å²) in [5.74, 6) is -0.936. The lowest BCUT2D eigenvalue weighted by Crippen LogP contribution is -2.38. The molecule has 2 aromatic carbocycles. The molecule has 0 heterocycles. The Hall–Kier alpha value is -2.87. The maximum atomic E-state index is 12.5. The van der Waals surface area contributed by atoms with Crippen LogP contribution in [0.4, 0.5) is 11.4 Å². The molecule has 0 aromatic heterocycles. The molecule has 0 saturated heterocycles. The molecule has 1 N–H and O–H groups in total. The fourth-order valence-corrected chi connectivity index (χ4v) is 3.53. The van der Waals surface area contributed by atoms with Gasteiger partial charge in [-0.25, -0.2) is 13.2 Å². The van der Waals surface area contributed by atoms with Crippen LogP contribution in [0.3, 0.4) is 0 Å². The number of hydrogen-bond acceptors (Lipinski definition) is 5. The fourth-order valence-electron chi connectivity index (χ4n) is 2.62. The topological polar surface area (TPSA) is 92.8 Å². The molecule has 1 amide bonds. The number of amides is 1. The maximum Gasteiger partial charge on any atom is 0.338 e. The van der Waals surface area contributed by atoms with Crippen LogP contribution < -0.4 is 9.62 Å². The van der Waals surface area contributed by atoms with Gasteiger partial charge in [-0.2, -0.15) is 0 Å². The molecule has 0 atom stereocenters. The highest BCUT2D eigenvalue weighted by atomic mass is 32.2. The van der Waals surface area contributed by atoms with Crippen molar-refractivity contribution >= 4 is 33.3 Å². The Morgan fingerprint density at radius 2 is 1.71 bits per heavy atom. The molecule has 0 fully saturated rings. The Kier molecular flexibility index (Phi) is 6.80. The summed E-state index contributed by atoms with van der Waals surface area (Å²) in [6.07, 6.45) is 1.07. The summed E-state index contributed by atoms with van der Waals surface area (Å²) in [6.45, 7) is 5.33. The van der Waals surface area contributed by atoms with E-state index >= 15 is 0 Å². The molecule has 0 unspecified atom stereocenters. The van der Waals surface area contributed by atoms with Gasteiger partial charge in [-0.05, 0) is 62.2 Å². The van der Waals surface area contributed by atoms with Crippen LogP contribution in [0.1, 0.15) is 28.4 Å². The van der Waals surface area contributed by atoms with E-state index in [9.17, 15) is 18.0 Å². The molecule has 0 aliphatic heterocycles. The van der Waals surface area contributed by atoms with Crippen molar-refractivity contribution in [3.8, 4) is 0 Å². The quantitative estimate of drug-likeness (QED) is 0.717. The van der Waals surface area contributed by atoms with Crippen molar-refractivity contribution in [1.29, 1.82) is 0 Å². The number of sulfonamides is 1. The Balaban J connectivity index is 2.17. The van der Waals surface area contributed by atoms with E-state index in [2.05, 4.69) is 5.32 Å². The number of esters is 1. The number of benzene rings is 2. The smallest absolute Gasteiger partial charge is 0.338 e. The number of carbonyl (C=O) groups is 2. The van der Waals surface area contributed by atoms with Crippen LogP contribution in [0, 0.1) is 13.8 Å². The van der Waals surface area contributed by atoms with Gasteiger partial charge in [-0.15, -0.1) is 0 Å². The zero-order chi connectivity index (χ0) is 20.9. The van der Waals surface area contributed by atoms with Gasteiger partial charge in [0.15, 0.2) is 0 Å². The largest absolute Gasteiger partial charge is 0.462 e. The van der Waals surface area contributed by atoms with Gasteiger partial charge in [0, 0.05) is 5.69 Å². The summed E-state index contributed by atoms with van der Waals surface area (Å²) in [5.41, 5.74) is 3.01. The molecule has 8 heteroatoms. The standard InChI is InChI=1S/C20H24N2O5S/c1-5-27-20(24)16-9-11-17(12-10-16)21-19(23)13-22(28(4,25)26)18-8-6-7-14(2)15(18)3/h6-12H,5,13H2,1-4H3,(H,21,23). The van der Waals surface area contributed by atoms with Crippen molar-refractivity contribution < 1.29 is 22.7 Å². The minimum absolute atomic E-state index is 0.275. The zero-order valence-corrected chi connectivity index (χ0v) is 17.2. The lowest BCUT2D eigenvalue weighted by Gasteiger charge is -2.24. The van der Waals surface area contributed by atoms with E-state index in [0.717, 1.165) is 21.7 Å². The zero-order valence-electron chi connectivity index (χ0n) is 16.4. The second-order valence-electron chi connectivity index (χ2n) is 6.33. The van der Waals surface area contributed by atoms with Gasteiger partial charge in [0.05, 0.1) is 24.1 Å². The van der Waals surface area contributed by atoms with Crippen LogP contribution in [0.2, 0.25) is 0 Å². The highest BCUT2D eigenvalue weighted by Crippen LogP contribution is 2.25. The fraction of sp³-hybridized carbons (Fsp3) is 0.300. The molecular weight excluding hydrogens is 380 g/mol. The Morgan fingerprint density at radius 3 is 2.29 bits per heavy atom. The number of carbonyl (C=O) groups excluding carboxylic acids is 2. The van der Waals surface area contributed by atoms with Crippen molar-refractivity contribution in [2.75, 3.05) is 29.0 Å². The first-order valence-corrected chi connectivity index (χ1v) is 10.6. The van der Waals surface area contributed by atoms with Crippen LogP contribution in [0.15, 0.2) is 42.5 Å². The Labute approximate surface area is 165 Å². The molecule has 2 rings (SSSR count). The van der Waals surface area contributed by atoms with Crippen LogP contribution in [0.5, 0.6) is 0 Å². The van der Waals surface area contributed by atoms with Gasteiger partial charge in [0.25, 0.3) is 0 Å². The average Bonchev–Trinajstić information content (AvgIpc) is 2.62. The van der Waals surface area contributed by atoms with Crippen LogP contribution in [-0.4, -0.2) is 39.7 Å². The van der Waals surface area contributed by atoms with E-state index in [1.54, 1.807) is 31.2 Å². The first-order valence-electron chi connectivity index (χ1n) is 8.74.